The summed E-state index contributed by atoms with van der Waals surface area (Å²) < 4.78 is 2.27. The predicted octanol–water partition coefficient (Wildman–Crippen LogP) is 25.3. The van der Waals surface area contributed by atoms with Crippen LogP contribution in [0.25, 0.3) is 185 Å². The molecule has 0 atom stereocenters. The van der Waals surface area contributed by atoms with Gasteiger partial charge in [0.15, 0.2) is 0 Å². The topological polar surface area (TPSA) is 40.5 Å². The number of hydrogen-bond donors (Lipinski definition) is 2. The first-order valence-electron chi connectivity index (χ1n) is 32.9. The van der Waals surface area contributed by atoms with Crippen molar-refractivity contribution in [3.63, 3.8) is 0 Å². The van der Waals surface area contributed by atoms with Gasteiger partial charge in [-0.1, -0.05) is 317 Å². The molecule has 0 aliphatic rings. The lowest BCUT2D eigenvalue weighted by molar-refractivity contribution is 0.426. The van der Waals surface area contributed by atoms with E-state index in [2.05, 4.69) is 299 Å². The number of benzene rings is 20. The molecule has 0 fully saturated rings. The van der Waals surface area contributed by atoms with Gasteiger partial charge in [0.1, 0.15) is 0 Å². The molecule has 0 radical (unpaired) electrons. The summed E-state index contributed by atoms with van der Waals surface area (Å²) in [7, 11) is -1.50. The fraction of sp³-hybridized carbons (Fsp3) is 0. The zero-order valence-corrected chi connectivity index (χ0v) is 55.7. The highest BCUT2D eigenvalue weighted by atomic mass is 79.9. The average Bonchev–Trinajstić information content (AvgIpc) is 0.728. The van der Waals surface area contributed by atoms with Crippen LogP contribution in [0.4, 0.5) is 0 Å². The molecule has 20 aromatic rings. The third-order valence-corrected chi connectivity index (χ3v) is 20.8. The second-order valence-corrected chi connectivity index (χ2v) is 27.2. The van der Waals surface area contributed by atoms with Crippen LogP contribution in [0.15, 0.2) is 343 Å². The minimum atomic E-state index is -1.50. The summed E-state index contributed by atoms with van der Waals surface area (Å²) in [6.45, 7) is 0. The summed E-state index contributed by atoms with van der Waals surface area (Å²) >= 11 is 7.16. The summed E-state index contributed by atoms with van der Waals surface area (Å²) in [5.41, 5.74) is 13.0. The van der Waals surface area contributed by atoms with Crippen molar-refractivity contribution >= 4 is 174 Å². The highest BCUT2D eigenvalue weighted by Crippen LogP contribution is 2.49. The average molecular weight is 1370 g/mol. The standard InChI is InChI=1S/C56H34.C20H15BO2.C16H8Br2/c1-3-15-35(16-4-1)53-43-19-7-11-23-47(43)55(48-24-12-8-20-44(48)53)41-31-37-27-29-39-33-42(34-40-30-28-38(32-41)51(37)52(39)40)56-49-25-13-9-21-45(49)54(36-17-5-2-6-18-36)46-22-10-14-26-50(46)56;22-21(23)20-17-12-6-4-10-15(17)19(14-8-2-1-3-9-14)16-11-5-7-13-18(16)20;17-13-5-9-1-2-10-6-14(18)8-12-4-3-11(7-13)15(9)16(10)12/h1-34H;1-13,22-23H;1-8H. The Morgan fingerprint density at radius 2 is 0.361 bits per heavy atom. The molecule has 0 saturated carbocycles. The molecule has 97 heavy (non-hydrogen) atoms. The fourth-order valence-corrected chi connectivity index (χ4v) is 16.9. The second kappa shape index (κ2) is 24.0. The molecule has 0 aliphatic carbocycles. The van der Waals surface area contributed by atoms with Gasteiger partial charge in [-0.15, -0.1) is 0 Å². The van der Waals surface area contributed by atoms with Crippen LogP contribution in [0.1, 0.15) is 0 Å². The van der Waals surface area contributed by atoms with Crippen molar-refractivity contribution in [3.05, 3.63) is 343 Å². The summed E-state index contributed by atoms with van der Waals surface area (Å²) in [5, 5.41) is 49.5. The molecule has 20 rings (SSSR count). The van der Waals surface area contributed by atoms with Gasteiger partial charge >= 0.3 is 7.12 Å². The van der Waals surface area contributed by atoms with Crippen molar-refractivity contribution in [1.29, 1.82) is 0 Å². The Hall–Kier alpha value is -11.0. The lowest BCUT2D eigenvalue weighted by Crippen LogP contribution is -2.31. The van der Waals surface area contributed by atoms with E-state index in [1.165, 1.54) is 152 Å². The van der Waals surface area contributed by atoms with Crippen LogP contribution in [-0.2, 0) is 0 Å². The van der Waals surface area contributed by atoms with E-state index in [4.69, 9.17) is 0 Å². The van der Waals surface area contributed by atoms with E-state index in [1.807, 2.05) is 66.7 Å². The van der Waals surface area contributed by atoms with Gasteiger partial charge in [0.05, 0.1) is 0 Å². The first kappa shape index (κ1) is 58.6. The zero-order valence-electron chi connectivity index (χ0n) is 52.5. The van der Waals surface area contributed by atoms with E-state index in [0.29, 0.717) is 5.46 Å². The van der Waals surface area contributed by atoms with Gasteiger partial charge in [-0.05, 0) is 239 Å². The van der Waals surface area contributed by atoms with E-state index >= 15 is 0 Å². The highest BCUT2D eigenvalue weighted by Gasteiger charge is 2.24. The minimum Gasteiger partial charge on any atom is -0.423 e. The molecule has 454 valence electrons. The maximum Gasteiger partial charge on any atom is 0.489 e. The van der Waals surface area contributed by atoms with Crippen LogP contribution >= 0.6 is 31.9 Å². The van der Waals surface area contributed by atoms with E-state index in [9.17, 15) is 10.0 Å². The second-order valence-electron chi connectivity index (χ2n) is 25.3. The van der Waals surface area contributed by atoms with Crippen molar-refractivity contribution in [1.82, 2.24) is 0 Å². The summed E-state index contributed by atoms with van der Waals surface area (Å²) in [6, 6.07) is 120. The number of rotatable bonds is 6. The molecule has 0 spiro atoms. The van der Waals surface area contributed by atoms with Crippen molar-refractivity contribution < 1.29 is 10.0 Å². The van der Waals surface area contributed by atoms with Gasteiger partial charge in [-0.2, -0.15) is 0 Å². The minimum absolute atomic E-state index is 0.566. The Labute approximate surface area is 577 Å². The SMILES string of the molecule is Brc1cc2ccc3cc(Br)cc4ccc(c1)c2c34.OB(O)c1c2ccccc2c(-c2ccccc2)c2ccccc12.c1ccc(-c2c3ccccc3c(-c3cc4ccc5cc(-c6c7ccccc7c(-c7ccccc7)c7ccccc67)cc6ccc(c3)c4c56)c3ccccc23)cc1. The van der Waals surface area contributed by atoms with Crippen molar-refractivity contribution in [2.24, 2.45) is 0 Å². The predicted molar refractivity (Wildman–Crippen MR) is 424 cm³/mol. The van der Waals surface area contributed by atoms with Gasteiger partial charge in [-0.25, -0.2) is 0 Å². The van der Waals surface area contributed by atoms with Gasteiger partial charge in [0.2, 0.25) is 0 Å². The number of halogens is 2. The molecule has 2 nitrogen and oxygen atoms in total. The number of hydrogen-bond acceptors (Lipinski definition) is 2. The van der Waals surface area contributed by atoms with Crippen LogP contribution in [0.2, 0.25) is 0 Å². The maximum atomic E-state index is 9.94. The van der Waals surface area contributed by atoms with Crippen LogP contribution in [-0.4, -0.2) is 17.2 Å². The molecule has 0 aliphatic heterocycles. The van der Waals surface area contributed by atoms with Crippen LogP contribution in [0.5, 0.6) is 0 Å². The van der Waals surface area contributed by atoms with Crippen LogP contribution in [0.3, 0.4) is 0 Å². The third-order valence-electron chi connectivity index (χ3n) is 19.9. The molecule has 20 aromatic carbocycles. The molecule has 5 heteroatoms. The van der Waals surface area contributed by atoms with E-state index in [1.54, 1.807) is 0 Å². The third kappa shape index (κ3) is 9.91. The molecule has 0 bridgehead atoms. The molecular weight excluding hydrogens is 1310 g/mol. The Morgan fingerprint density at radius 1 is 0.186 bits per heavy atom. The zero-order chi connectivity index (χ0) is 64.8. The van der Waals surface area contributed by atoms with Crippen molar-refractivity contribution in [2.75, 3.05) is 0 Å². The maximum absolute atomic E-state index is 9.94. The molecule has 2 N–H and O–H groups in total. The fourth-order valence-electron chi connectivity index (χ4n) is 16.0. The van der Waals surface area contributed by atoms with Crippen LogP contribution < -0.4 is 5.46 Å². The molecular formula is C92H57BBr2O2. The quantitative estimate of drug-likeness (QED) is 0.0990. The first-order valence-corrected chi connectivity index (χ1v) is 34.5. The normalized spacial score (nSPS) is 11.7. The van der Waals surface area contributed by atoms with Crippen molar-refractivity contribution in [3.8, 4) is 55.6 Å². The molecule has 0 heterocycles. The Bertz CT molecular complexity index is 5870. The molecule has 0 unspecified atom stereocenters. The van der Waals surface area contributed by atoms with E-state index in [-0.39, 0.29) is 0 Å². The largest absolute Gasteiger partial charge is 0.489 e. The van der Waals surface area contributed by atoms with Gasteiger partial charge in [0.25, 0.3) is 0 Å². The monoisotopic (exact) mass is 1360 g/mol. The van der Waals surface area contributed by atoms with Gasteiger partial charge in [0, 0.05) is 8.95 Å². The summed E-state index contributed by atoms with van der Waals surface area (Å²) in [5.74, 6) is 0. The Kier molecular flexibility index (Phi) is 14.5. The van der Waals surface area contributed by atoms with Crippen molar-refractivity contribution in [2.45, 2.75) is 0 Å². The highest BCUT2D eigenvalue weighted by molar-refractivity contribution is 9.10. The summed E-state index contributed by atoms with van der Waals surface area (Å²) in [4.78, 5) is 0. The van der Waals surface area contributed by atoms with Gasteiger partial charge < -0.3 is 10.0 Å². The molecule has 0 saturated heterocycles. The Balaban J connectivity index is 0.000000135. The lowest BCUT2D eigenvalue weighted by atomic mass is 9.72. The smallest absolute Gasteiger partial charge is 0.423 e. The summed E-state index contributed by atoms with van der Waals surface area (Å²) in [6.07, 6.45) is 0. The lowest BCUT2D eigenvalue weighted by Gasteiger charge is -2.20. The van der Waals surface area contributed by atoms with Crippen LogP contribution in [0, 0.1) is 0 Å². The molecule has 0 amide bonds. The Morgan fingerprint density at radius 3 is 0.577 bits per heavy atom. The first-order chi connectivity index (χ1) is 47.8. The van der Waals surface area contributed by atoms with E-state index in [0.717, 1.165) is 41.6 Å². The molecule has 0 aromatic heterocycles. The number of fused-ring (bicyclic) bond motifs is 6. The van der Waals surface area contributed by atoms with E-state index < -0.39 is 7.12 Å². The van der Waals surface area contributed by atoms with Gasteiger partial charge in [-0.3, -0.25) is 0 Å².